The Morgan fingerprint density at radius 2 is 1.85 bits per heavy atom. The largest absolute Gasteiger partial charge is 0.463 e. The monoisotopic (exact) mass is 352 g/mol. The van der Waals surface area contributed by atoms with Gasteiger partial charge in [0.25, 0.3) is 0 Å². The molecule has 1 atom stereocenters. The van der Waals surface area contributed by atoms with E-state index < -0.39 is 5.72 Å². The van der Waals surface area contributed by atoms with Gasteiger partial charge in [0.1, 0.15) is 5.75 Å². The zero-order valence-corrected chi connectivity index (χ0v) is 15.7. The Hall–Kier alpha value is -3.25. The van der Waals surface area contributed by atoms with E-state index in [-0.39, 0.29) is 5.41 Å². The van der Waals surface area contributed by atoms with Gasteiger partial charge in [-0.15, -0.1) is 0 Å². The lowest BCUT2D eigenvalue weighted by Gasteiger charge is -2.46. The number of benzene rings is 3. The maximum Gasteiger partial charge on any atom is 0.211 e. The standard InChI is InChI=1S/C24H20N2O/c1-23(2)20-14-16(15-25)8-10-21(20)26(3)24(23)13-12-19-18-7-5-4-6-17(18)9-11-22(19)27-24/h4-14H,1-3H3. The first-order chi connectivity index (χ1) is 13.0. The summed E-state index contributed by atoms with van der Waals surface area (Å²) in [6.07, 6.45) is 4.37. The highest BCUT2D eigenvalue weighted by Crippen LogP contribution is 2.54. The van der Waals surface area contributed by atoms with Gasteiger partial charge in [0.15, 0.2) is 0 Å². The van der Waals surface area contributed by atoms with Crippen molar-refractivity contribution in [2.75, 3.05) is 11.9 Å². The average molecular weight is 352 g/mol. The first-order valence-electron chi connectivity index (χ1n) is 9.16. The third-order valence-electron chi connectivity index (χ3n) is 6.23. The van der Waals surface area contributed by atoms with Crippen molar-refractivity contribution >= 4 is 22.5 Å². The van der Waals surface area contributed by atoms with Crippen molar-refractivity contribution in [3.8, 4) is 11.8 Å². The molecule has 5 rings (SSSR count). The Morgan fingerprint density at radius 1 is 1.04 bits per heavy atom. The quantitative estimate of drug-likeness (QED) is 0.555. The lowest BCUT2D eigenvalue weighted by atomic mass is 9.76. The van der Waals surface area contributed by atoms with E-state index in [0.717, 1.165) is 22.6 Å². The van der Waals surface area contributed by atoms with Gasteiger partial charge in [0, 0.05) is 18.3 Å². The number of hydrogen-bond donors (Lipinski definition) is 0. The van der Waals surface area contributed by atoms with Crippen LogP contribution in [0.5, 0.6) is 5.75 Å². The van der Waals surface area contributed by atoms with E-state index in [9.17, 15) is 5.26 Å². The Balaban J connectivity index is 1.70. The molecule has 1 unspecified atom stereocenters. The SMILES string of the molecule is CN1c2ccc(C#N)cc2C(C)(C)C12C=Cc1c(ccc3ccccc13)O2. The summed E-state index contributed by atoms with van der Waals surface area (Å²) in [5.74, 6) is 0.893. The number of anilines is 1. The second-order valence-electron chi connectivity index (χ2n) is 7.86. The van der Waals surface area contributed by atoms with Crippen molar-refractivity contribution in [3.05, 3.63) is 77.4 Å². The second-order valence-corrected chi connectivity index (χ2v) is 7.86. The highest BCUT2D eigenvalue weighted by atomic mass is 16.5. The van der Waals surface area contributed by atoms with Crippen LogP contribution in [0.2, 0.25) is 0 Å². The maximum atomic E-state index is 9.33. The van der Waals surface area contributed by atoms with Gasteiger partial charge in [-0.25, -0.2) is 0 Å². The minimum absolute atomic E-state index is 0.316. The minimum Gasteiger partial charge on any atom is -0.463 e. The van der Waals surface area contributed by atoms with Gasteiger partial charge >= 0.3 is 0 Å². The van der Waals surface area contributed by atoms with Crippen LogP contribution in [-0.2, 0) is 5.41 Å². The molecule has 0 fully saturated rings. The molecule has 132 valence electrons. The fourth-order valence-corrected chi connectivity index (χ4v) is 4.64. The molecule has 0 aromatic heterocycles. The van der Waals surface area contributed by atoms with Crippen LogP contribution in [-0.4, -0.2) is 12.8 Å². The third kappa shape index (κ3) is 1.90. The summed E-state index contributed by atoms with van der Waals surface area (Å²) in [6, 6.07) is 20.7. The first-order valence-corrected chi connectivity index (χ1v) is 9.16. The normalized spacial score (nSPS) is 21.6. The van der Waals surface area contributed by atoms with Gasteiger partial charge in [0.05, 0.1) is 17.0 Å². The summed E-state index contributed by atoms with van der Waals surface area (Å²) >= 11 is 0. The molecule has 2 heterocycles. The van der Waals surface area contributed by atoms with Crippen LogP contribution in [0, 0.1) is 11.3 Å². The second kappa shape index (κ2) is 5.14. The molecule has 0 bridgehead atoms. The van der Waals surface area contributed by atoms with Gasteiger partial charge in [-0.1, -0.05) is 30.3 Å². The lowest BCUT2D eigenvalue weighted by Crippen LogP contribution is -2.58. The van der Waals surface area contributed by atoms with Gasteiger partial charge < -0.3 is 9.64 Å². The van der Waals surface area contributed by atoms with Crippen LogP contribution < -0.4 is 9.64 Å². The van der Waals surface area contributed by atoms with Gasteiger partial charge in [-0.05, 0) is 66.6 Å². The first kappa shape index (κ1) is 16.0. The Morgan fingerprint density at radius 3 is 2.67 bits per heavy atom. The van der Waals surface area contributed by atoms with Crippen molar-refractivity contribution in [1.29, 1.82) is 5.26 Å². The Bertz CT molecular complexity index is 1170. The predicted molar refractivity (Wildman–Crippen MR) is 109 cm³/mol. The molecule has 27 heavy (non-hydrogen) atoms. The summed E-state index contributed by atoms with van der Waals surface area (Å²) in [5.41, 5.74) is 3.10. The van der Waals surface area contributed by atoms with Crippen molar-refractivity contribution in [2.45, 2.75) is 25.0 Å². The number of rotatable bonds is 0. The molecule has 2 aliphatic rings. The lowest BCUT2D eigenvalue weighted by molar-refractivity contribution is 0.0584. The van der Waals surface area contributed by atoms with E-state index >= 15 is 0 Å². The topological polar surface area (TPSA) is 36.3 Å². The van der Waals surface area contributed by atoms with Gasteiger partial charge in [-0.2, -0.15) is 5.26 Å². The molecule has 0 radical (unpaired) electrons. The van der Waals surface area contributed by atoms with E-state index in [1.54, 1.807) is 0 Å². The molecule has 0 saturated carbocycles. The van der Waals surface area contributed by atoms with E-state index in [0.29, 0.717) is 5.56 Å². The molecule has 2 aliphatic heterocycles. The zero-order chi connectivity index (χ0) is 18.8. The van der Waals surface area contributed by atoms with Crippen LogP contribution in [0.4, 0.5) is 5.69 Å². The molecule has 3 aromatic carbocycles. The molecule has 3 heteroatoms. The fraction of sp³-hybridized carbons (Fsp3) is 0.208. The number of likely N-dealkylation sites (N-methyl/N-ethyl adjacent to an activating group) is 1. The van der Waals surface area contributed by atoms with Crippen molar-refractivity contribution in [1.82, 2.24) is 0 Å². The Kier molecular flexibility index (Phi) is 3.04. The van der Waals surface area contributed by atoms with E-state index in [1.807, 2.05) is 18.2 Å². The maximum absolute atomic E-state index is 9.33. The number of ether oxygens (including phenoxy) is 1. The smallest absolute Gasteiger partial charge is 0.211 e. The number of hydrogen-bond acceptors (Lipinski definition) is 3. The highest BCUT2D eigenvalue weighted by Gasteiger charge is 2.57. The van der Waals surface area contributed by atoms with Crippen LogP contribution in [0.1, 0.15) is 30.5 Å². The molecular formula is C24H20N2O. The molecule has 0 aliphatic carbocycles. The van der Waals surface area contributed by atoms with Crippen LogP contribution in [0.25, 0.3) is 16.8 Å². The predicted octanol–water partition coefficient (Wildman–Crippen LogP) is 5.24. The average Bonchev–Trinajstić information content (AvgIpc) is 2.86. The summed E-state index contributed by atoms with van der Waals surface area (Å²) < 4.78 is 6.73. The summed E-state index contributed by atoms with van der Waals surface area (Å²) in [6.45, 7) is 4.37. The molecule has 1 spiro atoms. The van der Waals surface area contributed by atoms with Crippen LogP contribution >= 0.6 is 0 Å². The highest BCUT2D eigenvalue weighted by molar-refractivity contribution is 5.94. The summed E-state index contributed by atoms with van der Waals surface area (Å²) in [7, 11) is 2.07. The molecule has 0 N–H and O–H groups in total. The summed E-state index contributed by atoms with van der Waals surface area (Å²) in [5, 5.41) is 11.7. The van der Waals surface area contributed by atoms with E-state index in [2.05, 4.69) is 80.4 Å². The third-order valence-corrected chi connectivity index (χ3v) is 6.23. The van der Waals surface area contributed by atoms with Crippen molar-refractivity contribution in [3.63, 3.8) is 0 Å². The van der Waals surface area contributed by atoms with Gasteiger partial charge in [0.2, 0.25) is 5.72 Å². The van der Waals surface area contributed by atoms with Crippen molar-refractivity contribution in [2.24, 2.45) is 0 Å². The molecule has 0 saturated heterocycles. The van der Waals surface area contributed by atoms with Crippen LogP contribution in [0.3, 0.4) is 0 Å². The number of nitrogens with zero attached hydrogens (tertiary/aromatic N) is 2. The number of nitriles is 1. The molecule has 3 aromatic rings. The van der Waals surface area contributed by atoms with Gasteiger partial charge in [-0.3, -0.25) is 0 Å². The minimum atomic E-state index is -0.626. The number of fused-ring (bicyclic) bond motifs is 4. The fourth-order valence-electron chi connectivity index (χ4n) is 4.64. The van der Waals surface area contributed by atoms with Crippen LogP contribution in [0.15, 0.2) is 60.7 Å². The zero-order valence-electron chi connectivity index (χ0n) is 15.7. The van der Waals surface area contributed by atoms with E-state index in [1.165, 1.54) is 10.8 Å². The van der Waals surface area contributed by atoms with E-state index in [4.69, 9.17) is 4.74 Å². The van der Waals surface area contributed by atoms with Crippen molar-refractivity contribution < 1.29 is 4.74 Å². The molecule has 3 nitrogen and oxygen atoms in total. The molecular weight excluding hydrogens is 332 g/mol. The summed E-state index contributed by atoms with van der Waals surface area (Å²) in [4.78, 5) is 2.19. The molecule has 0 amide bonds. The Labute approximate surface area is 159 Å².